The van der Waals surface area contributed by atoms with E-state index in [0.717, 1.165) is 18.4 Å². The molecule has 2 rings (SSSR count). The lowest BCUT2D eigenvalue weighted by atomic mass is 9.84. The molecule has 0 amide bonds. The van der Waals surface area contributed by atoms with Gasteiger partial charge in [-0.2, -0.15) is 5.26 Å². The topological polar surface area (TPSA) is 27.0 Å². The van der Waals surface area contributed by atoms with Crippen LogP contribution in [0.4, 0.5) is 0 Å². The molecule has 0 saturated heterocycles. The molecule has 2 nitrogen and oxygen atoms in total. The molecule has 2 fully saturated rings. The Morgan fingerprint density at radius 3 is 2.50 bits per heavy atom. The predicted octanol–water partition coefficient (Wildman–Crippen LogP) is 3.97. The first-order valence-corrected chi connectivity index (χ1v) is 7.84. The van der Waals surface area contributed by atoms with Gasteiger partial charge in [-0.05, 0) is 38.6 Å². The Kier molecular flexibility index (Phi) is 5.06. The highest BCUT2D eigenvalue weighted by Gasteiger charge is 2.32. The molecule has 102 valence electrons. The lowest BCUT2D eigenvalue weighted by molar-refractivity contribution is 0.0930. The Labute approximate surface area is 112 Å². The Morgan fingerprint density at radius 1 is 1.00 bits per heavy atom. The zero-order valence-electron chi connectivity index (χ0n) is 12.1. The normalized spacial score (nSPS) is 38.1. The molecule has 4 atom stereocenters. The van der Waals surface area contributed by atoms with E-state index < -0.39 is 0 Å². The molecule has 0 radical (unpaired) electrons. The van der Waals surface area contributed by atoms with Gasteiger partial charge in [0.15, 0.2) is 0 Å². The molecule has 2 aliphatic carbocycles. The second kappa shape index (κ2) is 6.57. The molecule has 2 aliphatic rings. The van der Waals surface area contributed by atoms with E-state index in [2.05, 4.69) is 24.9 Å². The van der Waals surface area contributed by atoms with Crippen LogP contribution in [0.2, 0.25) is 0 Å². The highest BCUT2D eigenvalue weighted by molar-refractivity contribution is 4.96. The molecule has 0 aromatic rings. The van der Waals surface area contributed by atoms with E-state index in [1.54, 1.807) is 0 Å². The molecule has 0 N–H and O–H groups in total. The van der Waals surface area contributed by atoms with Gasteiger partial charge in [0, 0.05) is 12.1 Å². The fourth-order valence-electron chi connectivity index (χ4n) is 3.97. The van der Waals surface area contributed by atoms with Gasteiger partial charge < -0.3 is 0 Å². The standard InChI is InChI=1S/C16H28N2/c1-13-7-6-9-15(11-13)18(2)16-10-5-3-4-8-14(16)12-17/h13-16H,3-11H2,1-2H3. The van der Waals surface area contributed by atoms with Crippen LogP contribution in [0.5, 0.6) is 0 Å². The summed E-state index contributed by atoms with van der Waals surface area (Å²) in [6.45, 7) is 2.38. The zero-order valence-corrected chi connectivity index (χ0v) is 12.1. The van der Waals surface area contributed by atoms with E-state index in [-0.39, 0.29) is 5.92 Å². The minimum atomic E-state index is 0.273. The maximum absolute atomic E-state index is 9.41. The summed E-state index contributed by atoms with van der Waals surface area (Å²) in [6.07, 6.45) is 11.7. The van der Waals surface area contributed by atoms with E-state index in [9.17, 15) is 5.26 Å². The van der Waals surface area contributed by atoms with Crippen LogP contribution in [0.1, 0.15) is 64.7 Å². The van der Waals surface area contributed by atoms with Gasteiger partial charge in [0.25, 0.3) is 0 Å². The maximum atomic E-state index is 9.41. The summed E-state index contributed by atoms with van der Waals surface area (Å²) in [4.78, 5) is 2.58. The molecule has 0 bridgehead atoms. The minimum absolute atomic E-state index is 0.273. The van der Waals surface area contributed by atoms with Crippen molar-refractivity contribution in [2.45, 2.75) is 76.8 Å². The van der Waals surface area contributed by atoms with Crippen LogP contribution in [0, 0.1) is 23.2 Å². The lowest BCUT2D eigenvalue weighted by Crippen LogP contribution is -2.45. The number of hydrogen-bond acceptors (Lipinski definition) is 2. The Bertz CT molecular complexity index is 294. The summed E-state index contributed by atoms with van der Waals surface area (Å²) in [5, 5.41) is 9.41. The van der Waals surface area contributed by atoms with Crippen molar-refractivity contribution in [3.05, 3.63) is 0 Å². The summed E-state index contributed by atoms with van der Waals surface area (Å²) < 4.78 is 0. The number of hydrogen-bond donors (Lipinski definition) is 0. The van der Waals surface area contributed by atoms with Crippen molar-refractivity contribution in [1.29, 1.82) is 5.26 Å². The van der Waals surface area contributed by atoms with Gasteiger partial charge in [-0.3, -0.25) is 4.90 Å². The van der Waals surface area contributed by atoms with Crippen molar-refractivity contribution < 1.29 is 0 Å². The van der Waals surface area contributed by atoms with Crippen molar-refractivity contribution in [1.82, 2.24) is 4.90 Å². The number of nitrogens with zero attached hydrogens (tertiary/aromatic N) is 2. The van der Waals surface area contributed by atoms with Gasteiger partial charge in [0.2, 0.25) is 0 Å². The molecule has 2 saturated carbocycles. The number of nitriles is 1. The van der Waals surface area contributed by atoms with E-state index in [1.807, 2.05) is 0 Å². The van der Waals surface area contributed by atoms with Crippen molar-refractivity contribution >= 4 is 0 Å². The first kappa shape index (κ1) is 13.9. The van der Waals surface area contributed by atoms with E-state index >= 15 is 0 Å². The molecule has 18 heavy (non-hydrogen) atoms. The Morgan fingerprint density at radius 2 is 1.78 bits per heavy atom. The average molecular weight is 248 g/mol. The van der Waals surface area contributed by atoms with Gasteiger partial charge in [-0.1, -0.05) is 39.0 Å². The van der Waals surface area contributed by atoms with Crippen LogP contribution < -0.4 is 0 Å². The molecule has 0 aliphatic heterocycles. The van der Waals surface area contributed by atoms with Crippen molar-refractivity contribution in [2.24, 2.45) is 11.8 Å². The van der Waals surface area contributed by atoms with Gasteiger partial charge in [0.05, 0.1) is 12.0 Å². The molecule has 0 heterocycles. The second-order valence-electron chi connectivity index (χ2n) is 6.53. The Hall–Kier alpha value is -0.550. The van der Waals surface area contributed by atoms with Crippen molar-refractivity contribution in [3.63, 3.8) is 0 Å². The quantitative estimate of drug-likeness (QED) is 0.691. The summed E-state index contributed by atoms with van der Waals surface area (Å²) in [5.74, 6) is 1.15. The van der Waals surface area contributed by atoms with Gasteiger partial charge >= 0.3 is 0 Å². The summed E-state index contributed by atoms with van der Waals surface area (Å²) in [7, 11) is 2.28. The molecular formula is C16H28N2. The highest BCUT2D eigenvalue weighted by atomic mass is 15.2. The van der Waals surface area contributed by atoms with Crippen molar-refractivity contribution in [2.75, 3.05) is 7.05 Å². The second-order valence-corrected chi connectivity index (χ2v) is 6.53. The van der Waals surface area contributed by atoms with Gasteiger partial charge in [-0.25, -0.2) is 0 Å². The smallest absolute Gasteiger partial charge is 0.0672 e. The zero-order chi connectivity index (χ0) is 13.0. The third-order valence-corrected chi connectivity index (χ3v) is 5.15. The highest BCUT2D eigenvalue weighted by Crippen LogP contribution is 2.33. The van der Waals surface area contributed by atoms with Crippen LogP contribution in [-0.4, -0.2) is 24.0 Å². The van der Waals surface area contributed by atoms with Crippen LogP contribution in [0.15, 0.2) is 0 Å². The molecular weight excluding hydrogens is 220 g/mol. The lowest BCUT2D eigenvalue weighted by Gasteiger charge is -2.40. The first-order valence-electron chi connectivity index (χ1n) is 7.84. The minimum Gasteiger partial charge on any atom is -0.299 e. The molecule has 0 aromatic carbocycles. The molecule has 0 aromatic heterocycles. The summed E-state index contributed by atoms with van der Waals surface area (Å²) >= 11 is 0. The fourth-order valence-corrected chi connectivity index (χ4v) is 3.97. The molecule has 4 unspecified atom stereocenters. The SMILES string of the molecule is CC1CCCC(N(C)C2CCCCCC2C#N)C1. The molecule has 2 heteroatoms. The average Bonchev–Trinajstić information content (AvgIpc) is 2.62. The van der Waals surface area contributed by atoms with Crippen LogP contribution in [-0.2, 0) is 0 Å². The van der Waals surface area contributed by atoms with Gasteiger partial charge in [-0.15, -0.1) is 0 Å². The van der Waals surface area contributed by atoms with Crippen LogP contribution in [0.3, 0.4) is 0 Å². The predicted molar refractivity (Wildman–Crippen MR) is 75.2 cm³/mol. The van der Waals surface area contributed by atoms with Gasteiger partial charge in [0.1, 0.15) is 0 Å². The molecule has 0 spiro atoms. The van der Waals surface area contributed by atoms with E-state index in [1.165, 1.54) is 51.4 Å². The maximum Gasteiger partial charge on any atom is 0.0672 e. The fraction of sp³-hybridized carbons (Fsp3) is 0.938. The third kappa shape index (κ3) is 3.26. The summed E-state index contributed by atoms with van der Waals surface area (Å²) in [5.41, 5.74) is 0. The third-order valence-electron chi connectivity index (χ3n) is 5.15. The first-order chi connectivity index (χ1) is 8.72. The Balaban J connectivity index is 2.00. The monoisotopic (exact) mass is 248 g/mol. The largest absolute Gasteiger partial charge is 0.299 e. The van der Waals surface area contributed by atoms with Crippen LogP contribution in [0.25, 0.3) is 0 Å². The van der Waals surface area contributed by atoms with E-state index in [0.29, 0.717) is 6.04 Å². The number of rotatable bonds is 2. The summed E-state index contributed by atoms with van der Waals surface area (Å²) in [6, 6.07) is 3.83. The van der Waals surface area contributed by atoms with Crippen molar-refractivity contribution in [3.8, 4) is 6.07 Å². The van der Waals surface area contributed by atoms with Crippen LogP contribution >= 0.6 is 0 Å². The van der Waals surface area contributed by atoms with E-state index in [4.69, 9.17) is 0 Å².